The lowest BCUT2D eigenvalue weighted by Gasteiger charge is -2.08. The van der Waals surface area contributed by atoms with E-state index in [1.165, 1.54) is 11.6 Å². The zero-order chi connectivity index (χ0) is 14.7. The number of amidine groups is 1. The van der Waals surface area contributed by atoms with Gasteiger partial charge in [-0.2, -0.15) is 0 Å². The van der Waals surface area contributed by atoms with E-state index < -0.39 is 0 Å². The van der Waals surface area contributed by atoms with Crippen LogP contribution < -0.4 is 5.32 Å². The Morgan fingerprint density at radius 3 is 2.81 bits per heavy atom. The molecule has 0 aromatic heterocycles. The van der Waals surface area contributed by atoms with Gasteiger partial charge in [-0.05, 0) is 31.0 Å². The zero-order valence-corrected chi connectivity index (χ0v) is 12.7. The Balaban J connectivity index is 1.67. The van der Waals surface area contributed by atoms with E-state index in [9.17, 15) is 4.39 Å². The molecule has 0 amide bonds. The molecule has 1 unspecified atom stereocenters. The minimum absolute atomic E-state index is 0.190. The summed E-state index contributed by atoms with van der Waals surface area (Å²) >= 11 is 1.70. The van der Waals surface area contributed by atoms with Crippen LogP contribution in [0.25, 0.3) is 0 Å². The average Bonchev–Trinajstić information content (AvgIpc) is 2.92. The van der Waals surface area contributed by atoms with Crippen molar-refractivity contribution in [2.45, 2.75) is 19.4 Å². The molecule has 2 nitrogen and oxygen atoms in total. The lowest BCUT2D eigenvalue weighted by atomic mass is 10.1. The van der Waals surface area contributed by atoms with Crippen molar-refractivity contribution in [1.29, 1.82) is 0 Å². The first-order valence-corrected chi connectivity index (χ1v) is 7.97. The highest BCUT2D eigenvalue weighted by atomic mass is 32.2. The first-order chi connectivity index (χ1) is 10.2. The SMILES string of the molecule is Cc1c(F)cccc1NC1=NC(Cc2ccccc2)CS1. The fraction of sp³-hybridized carbons (Fsp3) is 0.235. The van der Waals surface area contributed by atoms with Crippen molar-refractivity contribution in [3.63, 3.8) is 0 Å². The number of hydrogen-bond acceptors (Lipinski definition) is 3. The summed E-state index contributed by atoms with van der Waals surface area (Å²) in [5, 5.41) is 4.12. The molecule has 0 spiro atoms. The highest BCUT2D eigenvalue weighted by molar-refractivity contribution is 8.14. The van der Waals surface area contributed by atoms with Crippen LogP contribution in [0.4, 0.5) is 10.1 Å². The molecule has 0 aliphatic carbocycles. The Morgan fingerprint density at radius 1 is 1.19 bits per heavy atom. The van der Waals surface area contributed by atoms with Crippen LogP contribution in [-0.4, -0.2) is 17.0 Å². The number of rotatable bonds is 3. The maximum atomic E-state index is 13.5. The second kappa shape index (κ2) is 6.31. The van der Waals surface area contributed by atoms with E-state index in [1.54, 1.807) is 24.8 Å². The van der Waals surface area contributed by atoms with Crippen molar-refractivity contribution in [3.05, 3.63) is 65.5 Å². The molecule has 1 aliphatic heterocycles. The first kappa shape index (κ1) is 14.1. The summed E-state index contributed by atoms with van der Waals surface area (Å²) in [6, 6.07) is 15.7. The third-order valence-corrected chi connectivity index (χ3v) is 4.57. The number of nitrogens with one attached hydrogen (secondary N) is 1. The van der Waals surface area contributed by atoms with Gasteiger partial charge in [-0.25, -0.2) is 4.39 Å². The molecule has 0 radical (unpaired) electrons. The van der Waals surface area contributed by atoms with E-state index in [-0.39, 0.29) is 11.9 Å². The van der Waals surface area contributed by atoms with Crippen LogP contribution in [0.1, 0.15) is 11.1 Å². The predicted octanol–water partition coefficient (Wildman–Crippen LogP) is 4.26. The van der Waals surface area contributed by atoms with Gasteiger partial charge in [-0.15, -0.1) is 0 Å². The number of halogens is 1. The number of thioether (sulfide) groups is 1. The van der Waals surface area contributed by atoms with Crippen LogP contribution in [0, 0.1) is 12.7 Å². The molecule has 1 N–H and O–H groups in total. The van der Waals surface area contributed by atoms with Crippen molar-refractivity contribution >= 4 is 22.6 Å². The second-order valence-corrected chi connectivity index (χ2v) is 6.13. The summed E-state index contributed by atoms with van der Waals surface area (Å²) in [7, 11) is 0. The highest BCUT2D eigenvalue weighted by Gasteiger charge is 2.19. The summed E-state index contributed by atoms with van der Waals surface area (Å²) in [6.07, 6.45) is 0.946. The van der Waals surface area contributed by atoms with Gasteiger partial charge in [0.1, 0.15) is 5.82 Å². The number of benzene rings is 2. The van der Waals surface area contributed by atoms with Crippen molar-refractivity contribution in [2.24, 2.45) is 4.99 Å². The first-order valence-electron chi connectivity index (χ1n) is 6.99. The molecule has 108 valence electrons. The Labute approximate surface area is 128 Å². The number of nitrogens with zero attached hydrogens (tertiary/aromatic N) is 1. The number of aliphatic imine (C=N–C) groups is 1. The quantitative estimate of drug-likeness (QED) is 0.916. The lowest BCUT2D eigenvalue weighted by Crippen LogP contribution is -2.09. The third kappa shape index (κ3) is 3.45. The molecule has 1 atom stereocenters. The van der Waals surface area contributed by atoms with Crippen molar-refractivity contribution in [2.75, 3.05) is 11.1 Å². The summed E-state index contributed by atoms with van der Waals surface area (Å²) in [5.74, 6) is 0.774. The molecule has 0 saturated carbocycles. The molecular weight excluding hydrogens is 283 g/mol. The van der Waals surface area contributed by atoms with Crippen molar-refractivity contribution in [3.8, 4) is 0 Å². The minimum atomic E-state index is -0.190. The van der Waals surface area contributed by atoms with Gasteiger partial charge in [-0.1, -0.05) is 48.2 Å². The molecule has 1 heterocycles. The van der Waals surface area contributed by atoms with Crippen molar-refractivity contribution in [1.82, 2.24) is 0 Å². The van der Waals surface area contributed by atoms with Gasteiger partial charge in [-0.3, -0.25) is 4.99 Å². The summed E-state index contributed by atoms with van der Waals surface area (Å²) in [4.78, 5) is 4.70. The monoisotopic (exact) mass is 300 g/mol. The van der Waals surface area contributed by atoms with E-state index in [0.717, 1.165) is 23.0 Å². The Hall–Kier alpha value is -1.81. The normalized spacial score (nSPS) is 17.6. The fourth-order valence-corrected chi connectivity index (χ4v) is 3.28. The molecule has 0 bridgehead atoms. The van der Waals surface area contributed by atoms with Crippen molar-refractivity contribution < 1.29 is 4.39 Å². The summed E-state index contributed by atoms with van der Waals surface area (Å²) in [5.41, 5.74) is 2.73. The van der Waals surface area contributed by atoms with Gasteiger partial charge in [0.25, 0.3) is 0 Å². The van der Waals surface area contributed by atoms with E-state index in [4.69, 9.17) is 4.99 Å². The number of anilines is 1. The number of hydrogen-bond donors (Lipinski definition) is 1. The molecule has 21 heavy (non-hydrogen) atoms. The van der Waals surface area contributed by atoms with E-state index >= 15 is 0 Å². The standard InChI is InChI=1S/C17H17FN2S/c1-12-15(18)8-5-9-16(12)20-17-19-14(11-21-17)10-13-6-3-2-4-7-13/h2-9,14H,10-11H2,1H3,(H,19,20). The van der Waals surface area contributed by atoms with Crippen LogP contribution in [0.3, 0.4) is 0 Å². The maximum Gasteiger partial charge on any atom is 0.161 e. The molecular formula is C17H17FN2S. The van der Waals surface area contributed by atoms with Crippen LogP contribution >= 0.6 is 11.8 Å². The van der Waals surface area contributed by atoms with Gasteiger partial charge in [0.05, 0.1) is 6.04 Å². The molecule has 1 aliphatic rings. The average molecular weight is 300 g/mol. The molecule has 3 rings (SSSR count). The van der Waals surface area contributed by atoms with E-state index in [2.05, 4.69) is 29.6 Å². The second-order valence-electron chi connectivity index (χ2n) is 5.13. The van der Waals surface area contributed by atoms with Gasteiger partial charge >= 0.3 is 0 Å². The Bertz CT molecular complexity index is 655. The Kier molecular flexibility index (Phi) is 4.25. The molecule has 2 aromatic rings. The van der Waals surface area contributed by atoms with Crippen LogP contribution in [0.15, 0.2) is 53.5 Å². The fourth-order valence-electron chi connectivity index (χ4n) is 2.33. The minimum Gasteiger partial charge on any atom is -0.335 e. The topological polar surface area (TPSA) is 24.4 Å². The molecule has 2 aromatic carbocycles. The summed E-state index contributed by atoms with van der Waals surface area (Å²) in [6.45, 7) is 1.78. The predicted molar refractivity (Wildman–Crippen MR) is 88.6 cm³/mol. The maximum absolute atomic E-state index is 13.5. The Morgan fingerprint density at radius 2 is 2.00 bits per heavy atom. The van der Waals surface area contributed by atoms with E-state index in [0.29, 0.717) is 5.56 Å². The smallest absolute Gasteiger partial charge is 0.161 e. The molecule has 4 heteroatoms. The molecule has 0 fully saturated rings. The van der Waals surface area contributed by atoms with Crippen LogP contribution in [0.2, 0.25) is 0 Å². The third-order valence-electron chi connectivity index (χ3n) is 3.54. The van der Waals surface area contributed by atoms with Gasteiger partial charge in [0, 0.05) is 17.0 Å². The van der Waals surface area contributed by atoms with Crippen LogP contribution in [-0.2, 0) is 6.42 Å². The molecule has 0 saturated heterocycles. The van der Waals surface area contributed by atoms with Crippen LogP contribution in [0.5, 0.6) is 0 Å². The highest BCUT2D eigenvalue weighted by Crippen LogP contribution is 2.25. The largest absolute Gasteiger partial charge is 0.335 e. The van der Waals surface area contributed by atoms with Gasteiger partial charge in [0.2, 0.25) is 0 Å². The summed E-state index contributed by atoms with van der Waals surface area (Å²) < 4.78 is 13.5. The van der Waals surface area contributed by atoms with Gasteiger partial charge in [0.15, 0.2) is 5.17 Å². The lowest BCUT2D eigenvalue weighted by molar-refractivity contribution is 0.619. The van der Waals surface area contributed by atoms with Gasteiger partial charge < -0.3 is 5.32 Å². The van der Waals surface area contributed by atoms with E-state index in [1.807, 2.05) is 12.1 Å². The zero-order valence-electron chi connectivity index (χ0n) is 11.8.